The van der Waals surface area contributed by atoms with Crippen LogP contribution < -0.4 is 0 Å². The average Bonchev–Trinajstić information content (AvgIpc) is 2.35. The molecule has 1 fully saturated rings. The van der Waals surface area contributed by atoms with Crippen molar-refractivity contribution in [3.63, 3.8) is 0 Å². The van der Waals surface area contributed by atoms with Gasteiger partial charge in [-0.1, -0.05) is 6.92 Å². The first kappa shape index (κ1) is 15.1. The highest BCUT2D eigenvalue weighted by Gasteiger charge is 2.37. The van der Waals surface area contributed by atoms with Crippen LogP contribution in [0.15, 0.2) is 0 Å². The van der Waals surface area contributed by atoms with Crippen molar-refractivity contribution in [3.8, 4) is 0 Å². The van der Waals surface area contributed by atoms with Crippen molar-refractivity contribution in [1.29, 1.82) is 0 Å². The van der Waals surface area contributed by atoms with Crippen molar-refractivity contribution in [1.82, 2.24) is 4.90 Å². The Kier molecular flexibility index (Phi) is 6.65. The highest BCUT2D eigenvalue weighted by molar-refractivity contribution is 6.60. The molecule has 102 valence electrons. The minimum atomic E-state index is -2.35. The fourth-order valence-corrected chi connectivity index (χ4v) is 4.27. The number of rotatable bonds is 7. The zero-order chi connectivity index (χ0) is 12.7. The first-order chi connectivity index (χ1) is 8.15. The standard InChI is InChI=1S/C12H27NO3Si/c1-12-7-5-8-13(11-12)9-6-10-17(14-2,15-3)16-4/h12H,5-11H2,1-4H3. The number of hydrogen-bond acceptors (Lipinski definition) is 4. The van der Waals surface area contributed by atoms with Gasteiger partial charge in [-0.25, -0.2) is 0 Å². The maximum Gasteiger partial charge on any atom is 0.500 e. The van der Waals surface area contributed by atoms with Gasteiger partial charge in [0.2, 0.25) is 0 Å². The molecule has 0 amide bonds. The van der Waals surface area contributed by atoms with Crippen LogP contribution in [-0.2, 0) is 13.3 Å². The molecule has 0 saturated carbocycles. The molecule has 0 bridgehead atoms. The van der Waals surface area contributed by atoms with Crippen LogP contribution in [0.5, 0.6) is 0 Å². The van der Waals surface area contributed by atoms with Crippen LogP contribution in [0, 0.1) is 5.92 Å². The second-order valence-corrected chi connectivity index (χ2v) is 8.04. The van der Waals surface area contributed by atoms with E-state index in [4.69, 9.17) is 13.3 Å². The van der Waals surface area contributed by atoms with Crippen molar-refractivity contribution in [2.45, 2.75) is 32.2 Å². The van der Waals surface area contributed by atoms with E-state index >= 15 is 0 Å². The molecule has 0 aromatic heterocycles. The summed E-state index contributed by atoms with van der Waals surface area (Å²) in [5.74, 6) is 0.845. The normalized spacial score (nSPS) is 22.9. The monoisotopic (exact) mass is 261 g/mol. The summed E-state index contributed by atoms with van der Waals surface area (Å²) < 4.78 is 16.3. The van der Waals surface area contributed by atoms with E-state index in [0.717, 1.165) is 24.9 Å². The summed E-state index contributed by atoms with van der Waals surface area (Å²) in [6.07, 6.45) is 3.81. The van der Waals surface area contributed by atoms with Crippen molar-refractivity contribution >= 4 is 8.80 Å². The Morgan fingerprint density at radius 3 is 2.35 bits per heavy atom. The maximum atomic E-state index is 5.42. The van der Waals surface area contributed by atoms with Crippen LogP contribution in [0.2, 0.25) is 6.04 Å². The van der Waals surface area contributed by atoms with Crippen molar-refractivity contribution in [3.05, 3.63) is 0 Å². The van der Waals surface area contributed by atoms with Crippen LogP contribution in [-0.4, -0.2) is 54.7 Å². The zero-order valence-electron chi connectivity index (χ0n) is 11.7. The first-order valence-corrected chi connectivity index (χ1v) is 8.47. The summed E-state index contributed by atoms with van der Waals surface area (Å²) in [5, 5.41) is 0. The fraction of sp³-hybridized carbons (Fsp3) is 1.00. The molecule has 0 N–H and O–H groups in total. The summed E-state index contributed by atoms with van der Waals surface area (Å²) in [7, 11) is 2.70. The second kappa shape index (κ2) is 7.48. The van der Waals surface area contributed by atoms with E-state index in [1.807, 2.05) is 0 Å². The second-order valence-electron chi connectivity index (χ2n) is 4.95. The minimum Gasteiger partial charge on any atom is -0.377 e. The van der Waals surface area contributed by atoms with Crippen molar-refractivity contribution in [2.75, 3.05) is 41.0 Å². The third kappa shape index (κ3) is 4.67. The Morgan fingerprint density at radius 1 is 1.18 bits per heavy atom. The van der Waals surface area contributed by atoms with Gasteiger partial charge in [-0.15, -0.1) is 0 Å². The molecule has 1 unspecified atom stereocenters. The zero-order valence-corrected chi connectivity index (χ0v) is 12.7. The van der Waals surface area contributed by atoms with Gasteiger partial charge in [0, 0.05) is 33.9 Å². The maximum absolute atomic E-state index is 5.42. The van der Waals surface area contributed by atoms with E-state index < -0.39 is 8.80 Å². The van der Waals surface area contributed by atoms with Gasteiger partial charge in [-0.05, 0) is 38.3 Å². The lowest BCUT2D eigenvalue weighted by molar-refractivity contribution is 0.119. The highest BCUT2D eigenvalue weighted by atomic mass is 28.4. The number of nitrogens with zero attached hydrogens (tertiary/aromatic N) is 1. The van der Waals surface area contributed by atoms with Crippen LogP contribution in [0.1, 0.15) is 26.2 Å². The van der Waals surface area contributed by atoms with Gasteiger partial charge in [-0.3, -0.25) is 0 Å². The molecule has 1 heterocycles. The third-order valence-electron chi connectivity index (χ3n) is 3.63. The van der Waals surface area contributed by atoms with Crippen LogP contribution in [0.4, 0.5) is 0 Å². The molecule has 0 aliphatic carbocycles. The van der Waals surface area contributed by atoms with Gasteiger partial charge in [0.25, 0.3) is 0 Å². The number of piperidine rings is 1. The number of likely N-dealkylation sites (tertiary alicyclic amines) is 1. The molecule has 1 aliphatic rings. The van der Waals surface area contributed by atoms with E-state index in [1.54, 1.807) is 21.3 Å². The molecule has 0 spiro atoms. The lowest BCUT2D eigenvalue weighted by Crippen LogP contribution is -2.43. The topological polar surface area (TPSA) is 30.9 Å². The summed E-state index contributed by atoms with van der Waals surface area (Å²) in [6.45, 7) is 5.95. The predicted octanol–water partition coefficient (Wildman–Crippen LogP) is 1.99. The Balaban J connectivity index is 2.26. The fourth-order valence-electron chi connectivity index (χ4n) is 2.57. The van der Waals surface area contributed by atoms with Gasteiger partial charge >= 0.3 is 8.80 Å². The smallest absolute Gasteiger partial charge is 0.377 e. The molecular weight excluding hydrogens is 234 g/mol. The van der Waals surface area contributed by atoms with E-state index in [0.29, 0.717) is 0 Å². The van der Waals surface area contributed by atoms with E-state index in [1.165, 1.54) is 25.9 Å². The van der Waals surface area contributed by atoms with Crippen LogP contribution in [0.25, 0.3) is 0 Å². The lowest BCUT2D eigenvalue weighted by atomic mass is 10.0. The Morgan fingerprint density at radius 2 is 1.82 bits per heavy atom. The molecule has 17 heavy (non-hydrogen) atoms. The van der Waals surface area contributed by atoms with E-state index in [-0.39, 0.29) is 0 Å². The lowest BCUT2D eigenvalue weighted by Gasteiger charge is -2.31. The van der Waals surface area contributed by atoms with Crippen LogP contribution in [0.3, 0.4) is 0 Å². The molecule has 1 saturated heterocycles. The Labute approximate surface area is 107 Å². The largest absolute Gasteiger partial charge is 0.500 e. The summed E-state index contributed by atoms with van der Waals surface area (Å²) in [5.41, 5.74) is 0. The molecule has 4 nitrogen and oxygen atoms in total. The quantitative estimate of drug-likeness (QED) is 0.656. The van der Waals surface area contributed by atoms with Crippen molar-refractivity contribution < 1.29 is 13.3 Å². The number of hydrogen-bond donors (Lipinski definition) is 0. The van der Waals surface area contributed by atoms with Gasteiger partial charge < -0.3 is 18.2 Å². The molecule has 0 radical (unpaired) electrons. The molecule has 1 aliphatic heterocycles. The molecule has 5 heteroatoms. The van der Waals surface area contributed by atoms with Gasteiger partial charge in [-0.2, -0.15) is 0 Å². The summed E-state index contributed by atoms with van der Waals surface area (Å²) >= 11 is 0. The van der Waals surface area contributed by atoms with Crippen molar-refractivity contribution in [2.24, 2.45) is 5.92 Å². The Bertz CT molecular complexity index is 204. The molecule has 1 rings (SSSR count). The summed E-state index contributed by atoms with van der Waals surface area (Å²) in [4.78, 5) is 2.55. The SMILES string of the molecule is CO[Si](CCCN1CCCC(C)C1)(OC)OC. The van der Waals surface area contributed by atoms with Crippen LogP contribution >= 0.6 is 0 Å². The average molecular weight is 261 g/mol. The molecule has 0 aromatic rings. The molecular formula is C12H27NO3Si. The molecule has 1 atom stereocenters. The van der Waals surface area contributed by atoms with Gasteiger partial charge in [0.1, 0.15) is 0 Å². The highest BCUT2D eigenvalue weighted by Crippen LogP contribution is 2.19. The first-order valence-electron chi connectivity index (χ1n) is 6.53. The summed E-state index contributed by atoms with van der Waals surface area (Å²) in [6, 6.07) is 0.904. The third-order valence-corrected chi connectivity index (χ3v) is 6.46. The van der Waals surface area contributed by atoms with Gasteiger partial charge in [0.05, 0.1) is 0 Å². The van der Waals surface area contributed by atoms with E-state index in [9.17, 15) is 0 Å². The predicted molar refractivity (Wildman–Crippen MR) is 71.0 cm³/mol. The Hall–Kier alpha value is 0.0569. The van der Waals surface area contributed by atoms with E-state index in [2.05, 4.69) is 11.8 Å². The minimum absolute atomic E-state index is 0.845. The molecule has 0 aromatic carbocycles. The van der Waals surface area contributed by atoms with Gasteiger partial charge in [0.15, 0.2) is 0 Å².